The van der Waals surface area contributed by atoms with E-state index in [1.807, 2.05) is 0 Å². The van der Waals surface area contributed by atoms with Crippen LogP contribution in [0.4, 0.5) is 15.9 Å². The van der Waals surface area contributed by atoms with Crippen LogP contribution in [0.3, 0.4) is 0 Å². The van der Waals surface area contributed by atoms with E-state index < -0.39 is 11.8 Å². The van der Waals surface area contributed by atoms with Crippen LogP contribution in [0, 0.1) is 5.82 Å². The van der Waals surface area contributed by atoms with Crippen molar-refractivity contribution in [3.63, 3.8) is 0 Å². The second-order valence-corrected chi connectivity index (χ2v) is 4.83. The molecule has 0 amide bonds. The third kappa shape index (κ3) is 3.21. The molecule has 0 unspecified atom stereocenters. The Morgan fingerprint density at radius 3 is 2.74 bits per heavy atom. The lowest BCUT2D eigenvalue weighted by Gasteiger charge is -2.10. The zero-order valence-electron chi connectivity index (χ0n) is 9.32. The van der Waals surface area contributed by atoms with Crippen LogP contribution >= 0.6 is 27.5 Å². The number of halogens is 3. The Morgan fingerprint density at radius 2 is 2.11 bits per heavy atom. The van der Waals surface area contributed by atoms with Crippen LogP contribution in [-0.4, -0.2) is 16.1 Å². The molecule has 0 radical (unpaired) electrons. The summed E-state index contributed by atoms with van der Waals surface area (Å²) in [7, 11) is 0. The number of anilines is 2. The van der Waals surface area contributed by atoms with Gasteiger partial charge in [-0.1, -0.05) is 11.6 Å². The van der Waals surface area contributed by atoms with E-state index in [1.54, 1.807) is 0 Å². The number of pyridine rings is 1. The van der Waals surface area contributed by atoms with Crippen molar-refractivity contribution in [3.05, 3.63) is 51.3 Å². The van der Waals surface area contributed by atoms with Crippen molar-refractivity contribution < 1.29 is 14.3 Å². The number of carboxylic acids is 1. The molecule has 4 nitrogen and oxygen atoms in total. The van der Waals surface area contributed by atoms with Crippen LogP contribution in [0.5, 0.6) is 0 Å². The molecule has 0 saturated heterocycles. The molecule has 1 heterocycles. The van der Waals surface area contributed by atoms with Crippen molar-refractivity contribution >= 4 is 45.0 Å². The minimum absolute atomic E-state index is 0.0272. The van der Waals surface area contributed by atoms with Crippen molar-refractivity contribution in [2.45, 2.75) is 0 Å². The monoisotopic (exact) mass is 344 g/mol. The number of hydrogen-bond donors (Lipinski definition) is 2. The van der Waals surface area contributed by atoms with Crippen molar-refractivity contribution in [3.8, 4) is 0 Å². The summed E-state index contributed by atoms with van der Waals surface area (Å²) in [6, 6.07) is 6.70. The third-order valence-corrected chi connectivity index (χ3v) is 3.14. The molecule has 0 aliphatic rings. The highest BCUT2D eigenvalue weighted by Gasteiger charge is 2.13. The highest BCUT2D eigenvalue weighted by Crippen LogP contribution is 2.28. The maximum atomic E-state index is 13.0. The van der Waals surface area contributed by atoms with Crippen molar-refractivity contribution in [1.29, 1.82) is 0 Å². The van der Waals surface area contributed by atoms with Gasteiger partial charge in [-0.15, -0.1) is 0 Å². The average molecular weight is 346 g/mol. The molecule has 19 heavy (non-hydrogen) atoms. The number of carbonyl (C=O) groups is 1. The minimum atomic E-state index is -1.13. The van der Waals surface area contributed by atoms with Crippen molar-refractivity contribution in [1.82, 2.24) is 4.98 Å². The van der Waals surface area contributed by atoms with Crippen LogP contribution in [0.2, 0.25) is 5.15 Å². The lowest BCUT2D eigenvalue weighted by atomic mass is 10.2. The Hall–Kier alpha value is -1.66. The summed E-state index contributed by atoms with van der Waals surface area (Å²) in [6.07, 6.45) is 0. The number of nitrogens with zero attached hydrogens (tertiary/aromatic N) is 1. The zero-order chi connectivity index (χ0) is 14.0. The van der Waals surface area contributed by atoms with E-state index in [4.69, 9.17) is 16.7 Å². The quantitative estimate of drug-likeness (QED) is 0.823. The molecule has 2 aromatic rings. The van der Waals surface area contributed by atoms with Crippen molar-refractivity contribution in [2.75, 3.05) is 5.32 Å². The first kappa shape index (κ1) is 13.8. The number of aromatic carboxylic acids is 1. The van der Waals surface area contributed by atoms with E-state index in [0.29, 0.717) is 10.2 Å². The Labute approximate surface area is 121 Å². The summed E-state index contributed by atoms with van der Waals surface area (Å²) in [5.41, 5.74) is 0.458. The molecule has 0 aliphatic heterocycles. The first-order valence-corrected chi connectivity index (χ1v) is 6.26. The number of carboxylic acid groups (broad SMARTS) is 1. The number of hydrogen-bond acceptors (Lipinski definition) is 3. The maximum absolute atomic E-state index is 13.0. The fourth-order valence-corrected chi connectivity index (χ4v) is 2.02. The van der Waals surface area contributed by atoms with Gasteiger partial charge in [-0.25, -0.2) is 14.2 Å². The van der Waals surface area contributed by atoms with Gasteiger partial charge in [-0.3, -0.25) is 0 Å². The Kier molecular flexibility index (Phi) is 4.01. The molecule has 2 rings (SSSR count). The summed E-state index contributed by atoms with van der Waals surface area (Å²) in [5, 5.41) is 12.0. The van der Waals surface area contributed by atoms with Gasteiger partial charge in [0.1, 0.15) is 22.4 Å². The standard InChI is InChI=1S/C12H7BrClFN2O2/c13-8-5-6(15)1-3-9(8)16-11-7(12(18)19)2-4-10(14)17-11/h1-5H,(H,16,17)(H,18,19). The first-order chi connectivity index (χ1) is 8.97. The normalized spacial score (nSPS) is 10.3. The predicted molar refractivity (Wildman–Crippen MR) is 73.6 cm³/mol. The number of benzene rings is 1. The SMILES string of the molecule is O=C(O)c1ccc(Cl)nc1Nc1ccc(F)cc1Br. The van der Waals surface area contributed by atoms with Gasteiger partial charge in [0.05, 0.1) is 5.69 Å². The van der Waals surface area contributed by atoms with E-state index in [-0.39, 0.29) is 16.5 Å². The summed E-state index contributed by atoms with van der Waals surface area (Å²) in [5.74, 6) is -1.45. The lowest BCUT2D eigenvalue weighted by molar-refractivity contribution is 0.0697. The Morgan fingerprint density at radius 1 is 1.37 bits per heavy atom. The van der Waals surface area contributed by atoms with E-state index >= 15 is 0 Å². The fourth-order valence-electron chi connectivity index (χ4n) is 1.42. The highest BCUT2D eigenvalue weighted by atomic mass is 79.9. The second-order valence-electron chi connectivity index (χ2n) is 3.58. The molecule has 7 heteroatoms. The molecule has 0 fully saturated rings. The van der Waals surface area contributed by atoms with Crippen LogP contribution in [-0.2, 0) is 0 Å². The Bertz CT molecular complexity index is 652. The molecular weight excluding hydrogens is 338 g/mol. The van der Waals surface area contributed by atoms with Crippen LogP contribution in [0.1, 0.15) is 10.4 Å². The van der Waals surface area contributed by atoms with Gasteiger partial charge >= 0.3 is 5.97 Å². The number of rotatable bonds is 3. The molecule has 2 N–H and O–H groups in total. The molecular formula is C12H7BrClFN2O2. The lowest BCUT2D eigenvalue weighted by Crippen LogP contribution is -2.05. The summed E-state index contributed by atoms with van der Waals surface area (Å²) in [4.78, 5) is 15.0. The minimum Gasteiger partial charge on any atom is -0.478 e. The van der Waals surface area contributed by atoms with Gasteiger partial charge in [-0.05, 0) is 46.3 Å². The number of nitrogens with one attached hydrogen (secondary N) is 1. The third-order valence-electron chi connectivity index (χ3n) is 2.28. The molecule has 0 saturated carbocycles. The van der Waals surface area contributed by atoms with Crippen molar-refractivity contribution in [2.24, 2.45) is 0 Å². The van der Waals surface area contributed by atoms with Gasteiger partial charge in [0.2, 0.25) is 0 Å². The molecule has 0 bridgehead atoms. The van der Waals surface area contributed by atoms with E-state index in [2.05, 4.69) is 26.2 Å². The topological polar surface area (TPSA) is 62.2 Å². The Balaban J connectivity index is 2.42. The van der Waals surface area contributed by atoms with Gasteiger partial charge in [0, 0.05) is 4.47 Å². The smallest absolute Gasteiger partial charge is 0.339 e. The van der Waals surface area contributed by atoms with Crippen LogP contribution < -0.4 is 5.32 Å². The fraction of sp³-hybridized carbons (Fsp3) is 0. The first-order valence-electron chi connectivity index (χ1n) is 5.09. The molecule has 0 spiro atoms. The molecule has 0 atom stereocenters. The molecule has 1 aromatic heterocycles. The van der Waals surface area contributed by atoms with Crippen LogP contribution in [0.25, 0.3) is 0 Å². The summed E-state index contributed by atoms with van der Waals surface area (Å²) in [6.45, 7) is 0. The molecule has 0 aliphatic carbocycles. The van der Waals surface area contributed by atoms with Crippen LogP contribution in [0.15, 0.2) is 34.8 Å². The highest BCUT2D eigenvalue weighted by molar-refractivity contribution is 9.10. The van der Waals surface area contributed by atoms with Gasteiger partial charge in [-0.2, -0.15) is 0 Å². The summed E-state index contributed by atoms with van der Waals surface area (Å²) >= 11 is 8.91. The molecule has 1 aromatic carbocycles. The van der Waals surface area contributed by atoms with Gasteiger partial charge < -0.3 is 10.4 Å². The van der Waals surface area contributed by atoms with Gasteiger partial charge in [0.15, 0.2) is 0 Å². The average Bonchev–Trinajstić information content (AvgIpc) is 2.32. The zero-order valence-corrected chi connectivity index (χ0v) is 11.7. The predicted octanol–water partition coefficient (Wildman–Crippen LogP) is 4.08. The number of aromatic nitrogens is 1. The van der Waals surface area contributed by atoms with E-state index in [0.717, 1.165) is 0 Å². The van der Waals surface area contributed by atoms with Gasteiger partial charge in [0.25, 0.3) is 0 Å². The second kappa shape index (κ2) is 5.54. The van der Waals surface area contributed by atoms with E-state index in [1.165, 1.54) is 30.3 Å². The summed E-state index contributed by atoms with van der Waals surface area (Å²) < 4.78 is 13.4. The maximum Gasteiger partial charge on any atom is 0.339 e. The molecule has 98 valence electrons. The largest absolute Gasteiger partial charge is 0.478 e. The van der Waals surface area contributed by atoms with E-state index in [9.17, 15) is 9.18 Å².